The van der Waals surface area contributed by atoms with Crippen molar-refractivity contribution >= 4 is 23.1 Å². The van der Waals surface area contributed by atoms with Crippen molar-refractivity contribution in [2.45, 2.75) is 12.5 Å². The van der Waals surface area contributed by atoms with Crippen LogP contribution in [0.25, 0.3) is 0 Å². The fraction of sp³-hybridized carbons (Fsp3) is 0.625. The van der Waals surface area contributed by atoms with Crippen molar-refractivity contribution < 1.29 is 9.29 Å². The third-order valence-electron chi connectivity index (χ3n) is 4.98. The first-order valence-electron chi connectivity index (χ1n) is 8.66. The van der Waals surface area contributed by atoms with Crippen LogP contribution in [-0.4, -0.2) is 77.3 Å². The van der Waals surface area contributed by atoms with Crippen LogP contribution in [0.2, 0.25) is 0 Å². The molecule has 0 saturated carbocycles. The molecule has 2 atom stereocenters. The molecule has 3 aliphatic heterocycles. The molecule has 3 aliphatic rings. The lowest BCUT2D eigenvalue weighted by atomic mass is 10.2. The van der Waals surface area contributed by atoms with Crippen LogP contribution in [0.5, 0.6) is 0 Å². The van der Waals surface area contributed by atoms with Gasteiger partial charge in [-0.1, -0.05) is 4.31 Å². The summed E-state index contributed by atoms with van der Waals surface area (Å²) in [5, 5.41) is 9.03. The topological polar surface area (TPSA) is 81.9 Å². The number of aromatic nitrogens is 1. The van der Waals surface area contributed by atoms with Crippen molar-refractivity contribution in [1.29, 1.82) is 5.26 Å². The predicted octanol–water partition coefficient (Wildman–Crippen LogP) is 0.174. The first-order valence-corrected chi connectivity index (χ1v) is 9.72. The van der Waals surface area contributed by atoms with Crippen LogP contribution in [-0.2, 0) is 16.3 Å². The zero-order valence-electron chi connectivity index (χ0n) is 14.1. The Labute approximate surface area is 151 Å². The molecule has 8 nitrogen and oxygen atoms in total. The van der Waals surface area contributed by atoms with Crippen molar-refractivity contribution in [1.82, 2.24) is 14.2 Å². The standard InChI is InChI=1S/C16H22N6O2S/c17-13-19-4-2-15(12-19)22-6-5-21(25(22)23)14-1-3-18-16(11-14)20-7-9-24-10-8-20/h1,3,11,15H,2,4-10,12H2. The number of likely N-dealkylation sites (tertiary alicyclic amines) is 1. The maximum absolute atomic E-state index is 13.0. The Hall–Kier alpha value is -1.73. The Kier molecular flexibility index (Phi) is 4.85. The van der Waals surface area contributed by atoms with E-state index < -0.39 is 11.5 Å². The van der Waals surface area contributed by atoms with Crippen molar-refractivity contribution in [2.75, 3.05) is 61.7 Å². The highest BCUT2D eigenvalue weighted by Crippen LogP contribution is 2.31. The zero-order chi connectivity index (χ0) is 17.2. The summed E-state index contributed by atoms with van der Waals surface area (Å²) < 4.78 is 22.3. The summed E-state index contributed by atoms with van der Waals surface area (Å²) in [4.78, 5) is 8.41. The summed E-state index contributed by atoms with van der Waals surface area (Å²) in [7, 11) is 0. The van der Waals surface area contributed by atoms with Gasteiger partial charge in [0.2, 0.25) is 0 Å². The monoisotopic (exact) mass is 362 g/mol. The fourth-order valence-corrected chi connectivity index (χ4v) is 5.05. The lowest BCUT2D eigenvalue weighted by Gasteiger charge is -2.29. The minimum absolute atomic E-state index is 0.186. The van der Waals surface area contributed by atoms with Gasteiger partial charge in [-0.3, -0.25) is 0 Å². The largest absolute Gasteiger partial charge is 0.573 e. The van der Waals surface area contributed by atoms with Crippen LogP contribution in [0, 0.1) is 11.5 Å². The summed E-state index contributed by atoms with van der Waals surface area (Å²) in [5.74, 6) is 0.910. The summed E-state index contributed by atoms with van der Waals surface area (Å²) in [6, 6.07) is 4.12. The van der Waals surface area contributed by atoms with Crippen LogP contribution < -0.4 is 9.21 Å². The Bertz CT molecular complexity index is 650. The fourth-order valence-electron chi connectivity index (χ4n) is 3.60. The number of nitriles is 1. The number of hydrogen-bond donors (Lipinski definition) is 0. The van der Waals surface area contributed by atoms with Gasteiger partial charge in [-0.15, -0.1) is 0 Å². The first kappa shape index (κ1) is 16.7. The summed E-state index contributed by atoms with van der Waals surface area (Å²) in [6.07, 6.45) is 4.87. The molecule has 134 valence electrons. The molecule has 9 heteroatoms. The Balaban J connectivity index is 1.46. The van der Waals surface area contributed by atoms with E-state index in [0.29, 0.717) is 19.8 Å². The van der Waals surface area contributed by atoms with E-state index in [9.17, 15) is 4.55 Å². The van der Waals surface area contributed by atoms with E-state index in [1.807, 2.05) is 20.7 Å². The summed E-state index contributed by atoms with van der Waals surface area (Å²) in [5.41, 5.74) is 0.937. The Morgan fingerprint density at radius 2 is 2.08 bits per heavy atom. The quantitative estimate of drug-likeness (QED) is 0.556. The van der Waals surface area contributed by atoms with Gasteiger partial charge in [-0.05, 0) is 12.5 Å². The molecule has 1 aromatic rings. The van der Waals surface area contributed by atoms with Gasteiger partial charge in [0.25, 0.3) is 0 Å². The van der Waals surface area contributed by atoms with Crippen LogP contribution in [0.4, 0.5) is 11.5 Å². The third kappa shape index (κ3) is 3.35. The van der Waals surface area contributed by atoms with Crippen LogP contribution in [0.1, 0.15) is 6.42 Å². The van der Waals surface area contributed by atoms with Gasteiger partial charge >= 0.3 is 0 Å². The highest BCUT2D eigenvalue weighted by atomic mass is 32.2. The highest BCUT2D eigenvalue weighted by molar-refractivity contribution is 7.90. The number of nitrogens with zero attached hydrogens (tertiary/aromatic N) is 6. The van der Waals surface area contributed by atoms with Crippen molar-refractivity contribution in [3.8, 4) is 6.19 Å². The van der Waals surface area contributed by atoms with Gasteiger partial charge in [0, 0.05) is 38.4 Å². The minimum atomic E-state index is -1.21. The van der Waals surface area contributed by atoms with Gasteiger partial charge in [0.15, 0.2) is 17.7 Å². The highest BCUT2D eigenvalue weighted by Gasteiger charge is 2.43. The van der Waals surface area contributed by atoms with Crippen molar-refractivity contribution in [3.05, 3.63) is 18.3 Å². The lowest BCUT2D eigenvalue weighted by molar-refractivity contribution is 0.122. The summed E-state index contributed by atoms with van der Waals surface area (Å²) >= 11 is -1.21. The third-order valence-corrected chi connectivity index (χ3v) is 6.63. The zero-order valence-corrected chi connectivity index (χ0v) is 14.9. The Morgan fingerprint density at radius 1 is 1.24 bits per heavy atom. The molecule has 0 aromatic carbocycles. The number of hydrogen-bond acceptors (Lipinski definition) is 8. The molecule has 2 unspecified atom stereocenters. The SMILES string of the molecule is N#CN1CCC(N2CCN(c3ccnc(N4CCOCC4)c3)[S+]2[O-])C1. The molecule has 3 fully saturated rings. The molecular weight excluding hydrogens is 340 g/mol. The second-order valence-corrected chi connectivity index (χ2v) is 7.80. The summed E-state index contributed by atoms with van der Waals surface area (Å²) in [6.45, 7) is 6.00. The van der Waals surface area contributed by atoms with Crippen LogP contribution >= 0.6 is 0 Å². The maximum atomic E-state index is 13.0. The molecule has 0 radical (unpaired) electrons. The smallest absolute Gasteiger partial charge is 0.179 e. The number of morpholine rings is 1. The lowest BCUT2D eigenvalue weighted by Crippen LogP contribution is -2.41. The number of anilines is 2. The van der Waals surface area contributed by atoms with E-state index in [4.69, 9.17) is 10.00 Å². The van der Waals surface area contributed by atoms with Crippen LogP contribution in [0.15, 0.2) is 18.3 Å². The molecule has 1 aromatic heterocycles. The molecule has 3 saturated heterocycles. The van der Waals surface area contributed by atoms with E-state index in [0.717, 1.165) is 50.6 Å². The van der Waals surface area contributed by atoms with Crippen molar-refractivity contribution in [3.63, 3.8) is 0 Å². The molecule has 0 amide bonds. The van der Waals surface area contributed by atoms with Gasteiger partial charge in [-0.2, -0.15) is 9.57 Å². The molecule has 0 N–H and O–H groups in total. The maximum Gasteiger partial charge on any atom is 0.179 e. The average Bonchev–Trinajstić information content (AvgIpc) is 3.29. The average molecular weight is 362 g/mol. The van der Waals surface area contributed by atoms with E-state index in [1.54, 1.807) is 11.1 Å². The number of pyridine rings is 1. The Morgan fingerprint density at radius 3 is 2.84 bits per heavy atom. The van der Waals surface area contributed by atoms with Gasteiger partial charge in [-0.25, -0.2) is 4.98 Å². The normalized spacial score (nSPS) is 27.8. The predicted molar refractivity (Wildman–Crippen MR) is 95.1 cm³/mol. The van der Waals surface area contributed by atoms with Gasteiger partial charge in [0.05, 0.1) is 38.0 Å². The molecule has 4 rings (SSSR count). The first-order chi connectivity index (χ1) is 12.3. The van der Waals surface area contributed by atoms with Gasteiger partial charge in [0.1, 0.15) is 5.82 Å². The molecule has 25 heavy (non-hydrogen) atoms. The van der Waals surface area contributed by atoms with Gasteiger partial charge < -0.3 is 19.1 Å². The van der Waals surface area contributed by atoms with E-state index >= 15 is 0 Å². The molecular formula is C16H22N6O2S. The molecule has 4 heterocycles. The molecule has 0 spiro atoms. The molecule has 0 bridgehead atoms. The second kappa shape index (κ2) is 7.25. The second-order valence-electron chi connectivity index (χ2n) is 6.43. The van der Waals surface area contributed by atoms with Crippen LogP contribution in [0.3, 0.4) is 0 Å². The molecule has 0 aliphatic carbocycles. The van der Waals surface area contributed by atoms with E-state index in [2.05, 4.69) is 16.1 Å². The number of rotatable bonds is 3. The van der Waals surface area contributed by atoms with E-state index in [1.165, 1.54) is 0 Å². The number of ether oxygens (including phenoxy) is 1. The van der Waals surface area contributed by atoms with E-state index in [-0.39, 0.29) is 6.04 Å². The minimum Gasteiger partial charge on any atom is -0.573 e. The van der Waals surface area contributed by atoms with Crippen molar-refractivity contribution in [2.24, 2.45) is 0 Å².